The molecule has 1 aromatic carbocycles. The van der Waals surface area contributed by atoms with Crippen molar-refractivity contribution in [3.05, 3.63) is 33.3 Å². The lowest BCUT2D eigenvalue weighted by molar-refractivity contribution is -0.384. The molecule has 1 N–H and O–H groups in total. The predicted octanol–water partition coefficient (Wildman–Crippen LogP) is 2.67. The second-order valence-electron chi connectivity index (χ2n) is 4.85. The molecule has 1 fully saturated rings. The number of hydrogen-bond acceptors (Lipinski definition) is 4. The molecule has 0 bridgehead atoms. The van der Waals surface area contributed by atoms with Crippen molar-refractivity contribution >= 4 is 28.9 Å². The van der Waals surface area contributed by atoms with Crippen LogP contribution in [0.4, 0.5) is 11.4 Å². The Morgan fingerprint density at radius 3 is 2.65 bits per heavy atom. The number of nitro benzene ring substituents is 1. The molecule has 1 aromatic rings. The van der Waals surface area contributed by atoms with Crippen LogP contribution in [0.1, 0.15) is 19.8 Å². The molecule has 20 heavy (non-hydrogen) atoms. The van der Waals surface area contributed by atoms with Gasteiger partial charge in [-0.05, 0) is 18.9 Å². The predicted molar refractivity (Wildman–Crippen MR) is 77.0 cm³/mol. The van der Waals surface area contributed by atoms with Crippen molar-refractivity contribution in [2.75, 3.05) is 18.4 Å². The fraction of sp³-hybridized carbons (Fsp3) is 0.462. The molecular formula is C13H16ClN3O3. The third kappa shape index (κ3) is 3.39. The molecule has 1 aliphatic heterocycles. The number of non-ortho nitro benzene ring substituents is 1. The zero-order valence-corrected chi connectivity index (χ0v) is 11.9. The molecule has 1 aliphatic rings. The van der Waals surface area contributed by atoms with Crippen LogP contribution < -0.4 is 5.32 Å². The van der Waals surface area contributed by atoms with Gasteiger partial charge in [0.2, 0.25) is 5.91 Å². The van der Waals surface area contributed by atoms with Crippen LogP contribution in [0, 0.1) is 10.1 Å². The van der Waals surface area contributed by atoms with Crippen molar-refractivity contribution in [2.24, 2.45) is 0 Å². The van der Waals surface area contributed by atoms with Gasteiger partial charge < -0.3 is 10.2 Å². The van der Waals surface area contributed by atoms with Crippen molar-refractivity contribution in [3.8, 4) is 0 Å². The Balaban J connectivity index is 2.02. The van der Waals surface area contributed by atoms with Gasteiger partial charge in [0, 0.05) is 38.2 Å². The van der Waals surface area contributed by atoms with E-state index in [1.165, 1.54) is 18.2 Å². The van der Waals surface area contributed by atoms with Gasteiger partial charge in [-0.1, -0.05) is 11.6 Å². The number of amides is 1. The van der Waals surface area contributed by atoms with E-state index in [1.807, 2.05) is 0 Å². The van der Waals surface area contributed by atoms with Crippen LogP contribution in [0.25, 0.3) is 0 Å². The molecule has 0 radical (unpaired) electrons. The molecule has 0 atom stereocenters. The van der Waals surface area contributed by atoms with E-state index in [1.54, 1.807) is 11.8 Å². The third-order valence-electron chi connectivity index (χ3n) is 3.46. The Kier molecular flexibility index (Phi) is 4.44. The fourth-order valence-electron chi connectivity index (χ4n) is 2.30. The van der Waals surface area contributed by atoms with Gasteiger partial charge in [-0.25, -0.2) is 0 Å². The molecule has 1 heterocycles. The molecule has 2 rings (SSSR count). The van der Waals surface area contributed by atoms with Crippen LogP contribution in [-0.2, 0) is 4.79 Å². The Hall–Kier alpha value is -1.82. The second-order valence-corrected chi connectivity index (χ2v) is 5.25. The van der Waals surface area contributed by atoms with Crippen molar-refractivity contribution in [1.82, 2.24) is 4.90 Å². The van der Waals surface area contributed by atoms with E-state index in [0.717, 1.165) is 12.8 Å². The molecule has 0 saturated carbocycles. The average Bonchev–Trinajstić information content (AvgIpc) is 2.41. The van der Waals surface area contributed by atoms with Gasteiger partial charge in [0.1, 0.15) is 0 Å². The second kappa shape index (κ2) is 6.09. The summed E-state index contributed by atoms with van der Waals surface area (Å²) in [6, 6.07) is 4.52. The lowest BCUT2D eigenvalue weighted by Gasteiger charge is -2.32. The minimum absolute atomic E-state index is 0.0121. The van der Waals surface area contributed by atoms with Gasteiger partial charge in [0.15, 0.2) is 0 Å². The minimum Gasteiger partial charge on any atom is -0.381 e. The van der Waals surface area contributed by atoms with Crippen LogP contribution in [0.5, 0.6) is 0 Å². The van der Waals surface area contributed by atoms with E-state index in [9.17, 15) is 14.9 Å². The highest BCUT2D eigenvalue weighted by atomic mass is 35.5. The normalized spacial score (nSPS) is 16.0. The van der Waals surface area contributed by atoms with Crippen molar-refractivity contribution in [1.29, 1.82) is 0 Å². The molecule has 0 aliphatic carbocycles. The number of piperidine rings is 1. The molecule has 0 spiro atoms. The first-order valence-electron chi connectivity index (χ1n) is 6.43. The van der Waals surface area contributed by atoms with E-state index >= 15 is 0 Å². The Morgan fingerprint density at radius 1 is 1.45 bits per heavy atom. The number of nitrogens with one attached hydrogen (secondary N) is 1. The van der Waals surface area contributed by atoms with E-state index in [-0.39, 0.29) is 17.6 Å². The lowest BCUT2D eigenvalue weighted by Crippen LogP contribution is -2.41. The number of rotatable bonds is 3. The van der Waals surface area contributed by atoms with Crippen LogP contribution in [0.15, 0.2) is 18.2 Å². The summed E-state index contributed by atoms with van der Waals surface area (Å²) >= 11 is 6.05. The van der Waals surface area contributed by atoms with E-state index in [0.29, 0.717) is 23.8 Å². The smallest absolute Gasteiger partial charge is 0.271 e. The van der Waals surface area contributed by atoms with Crippen molar-refractivity contribution in [3.63, 3.8) is 0 Å². The highest BCUT2D eigenvalue weighted by molar-refractivity contribution is 6.33. The van der Waals surface area contributed by atoms with E-state index in [4.69, 9.17) is 11.6 Å². The standard InChI is InChI=1S/C13H16ClN3O3/c1-9(18)16-6-4-10(5-7-16)15-13-8-11(17(19)20)2-3-12(13)14/h2-3,8,10,15H,4-7H2,1H3. The maximum Gasteiger partial charge on any atom is 0.271 e. The number of anilines is 1. The molecule has 6 nitrogen and oxygen atoms in total. The zero-order chi connectivity index (χ0) is 14.7. The van der Waals surface area contributed by atoms with Crippen LogP contribution in [0.3, 0.4) is 0 Å². The van der Waals surface area contributed by atoms with Crippen LogP contribution in [-0.4, -0.2) is 34.9 Å². The summed E-state index contributed by atoms with van der Waals surface area (Å²) in [6.07, 6.45) is 1.61. The first-order chi connectivity index (χ1) is 9.47. The van der Waals surface area contributed by atoms with E-state index < -0.39 is 4.92 Å². The molecule has 0 unspecified atom stereocenters. The molecule has 108 valence electrons. The van der Waals surface area contributed by atoms with Gasteiger partial charge >= 0.3 is 0 Å². The number of nitro groups is 1. The number of benzene rings is 1. The van der Waals surface area contributed by atoms with Crippen LogP contribution in [0.2, 0.25) is 5.02 Å². The van der Waals surface area contributed by atoms with Gasteiger partial charge in [-0.3, -0.25) is 14.9 Å². The number of carbonyl (C=O) groups excluding carboxylic acids is 1. The molecular weight excluding hydrogens is 282 g/mol. The molecule has 0 aromatic heterocycles. The van der Waals surface area contributed by atoms with E-state index in [2.05, 4.69) is 5.32 Å². The fourth-order valence-corrected chi connectivity index (χ4v) is 2.47. The monoisotopic (exact) mass is 297 g/mol. The Morgan fingerprint density at radius 2 is 2.10 bits per heavy atom. The maximum atomic E-state index is 11.2. The maximum absolute atomic E-state index is 11.2. The molecule has 1 saturated heterocycles. The molecule has 7 heteroatoms. The molecule has 1 amide bonds. The topological polar surface area (TPSA) is 75.5 Å². The summed E-state index contributed by atoms with van der Waals surface area (Å²) in [5.74, 6) is 0.0804. The Bertz CT molecular complexity index is 528. The van der Waals surface area contributed by atoms with Crippen molar-refractivity contribution in [2.45, 2.75) is 25.8 Å². The number of likely N-dealkylation sites (tertiary alicyclic amines) is 1. The quantitative estimate of drug-likeness (QED) is 0.687. The van der Waals surface area contributed by atoms with Gasteiger partial charge in [0.05, 0.1) is 15.6 Å². The summed E-state index contributed by atoms with van der Waals surface area (Å²) in [5, 5.41) is 14.5. The Labute approximate surface area is 121 Å². The summed E-state index contributed by atoms with van der Waals surface area (Å²) < 4.78 is 0. The summed E-state index contributed by atoms with van der Waals surface area (Å²) in [5.41, 5.74) is 0.584. The number of halogens is 1. The minimum atomic E-state index is -0.445. The van der Waals surface area contributed by atoms with Crippen LogP contribution >= 0.6 is 11.6 Å². The SMILES string of the molecule is CC(=O)N1CCC(Nc2cc([N+](=O)[O-])ccc2Cl)CC1. The van der Waals surface area contributed by atoms with Crippen molar-refractivity contribution < 1.29 is 9.72 Å². The highest BCUT2D eigenvalue weighted by Crippen LogP contribution is 2.28. The largest absolute Gasteiger partial charge is 0.381 e. The number of nitrogens with zero attached hydrogens (tertiary/aromatic N) is 2. The summed E-state index contributed by atoms with van der Waals surface area (Å²) in [4.78, 5) is 23.4. The van der Waals surface area contributed by atoms with Gasteiger partial charge in [0.25, 0.3) is 5.69 Å². The third-order valence-corrected chi connectivity index (χ3v) is 3.79. The first-order valence-corrected chi connectivity index (χ1v) is 6.81. The lowest BCUT2D eigenvalue weighted by atomic mass is 10.0. The summed E-state index contributed by atoms with van der Waals surface area (Å²) in [6.45, 7) is 2.95. The average molecular weight is 298 g/mol. The number of hydrogen-bond donors (Lipinski definition) is 1. The highest BCUT2D eigenvalue weighted by Gasteiger charge is 2.21. The zero-order valence-electron chi connectivity index (χ0n) is 11.1. The van der Waals surface area contributed by atoms with Gasteiger partial charge in [-0.2, -0.15) is 0 Å². The van der Waals surface area contributed by atoms with Gasteiger partial charge in [-0.15, -0.1) is 0 Å². The summed E-state index contributed by atoms with van der Waals surface area (Å²) in [7, 11) is 0. The first kappa shape index (κ1) is 14.6. The number of carbonyl (C=O) groups is 1.